The third-order valence-electron chi connectivity index (χ3n) is 5.87. The van der Waals surface area contributed by atoms with Crippen LogP contribution in [-0.2, 0) is 0 Å². The van der Waals surface area contributed by atoms with Gasteiger partial charge < -0.3 is 5.48 Å². The van der Waals surface area contributed by atoms with Crippen molar-refractivity contribution in [2.24, 2.45) is 35.5 Å². The van der Waals surface area contributed by atoms with Gasteiger partial charge in [-0.2, -0.15) is 0 Å². The Bertz CT molecular complexity index is 211. The normalized spacial score (nSPS) is 47.3. The van der Waals surface area contributed by atoms with Crippen LogP contribution in [0.4, 0.5) is 0 Å². The molecule has 2 aliphatic rings. The van der Waals surface area contributed by atoms with Crippen LogP contribution in [0.1, 0.15) is 67.6 Å². The first-order valence-corrected chi connectivity index (χ1v) is 7.58. The molecule has 2 rings (SSSR count). The van der Waals surface area contributed by atoms with Gasteiger partial charge in [0.25, 0.3) is 0 Å². The van der Waals surface area contributed by atoms with E-state index in [0.717, 1.165) is 35.5 Å². The molecule has 1 heteroatoms. The molecule has 0 heterocycles. The summed E-state index contributed by atoms with van der Waals surface area (Å²) in [6, 6.07) is 0. The van der Waals surface area contributed by atoms with Gasteiger partial charge in [-0.25, -0.2) is 0 Å². The smallest absolute Gasteiger partial charge is 0 e. The third-order valence-corrected chi connectivity index (χ3v) is 5.87. The Hall–Kier alpha value is -0.0400. The largest absolute Gasteiger partial charge is 0.412 e. The molecular formula is C16H34O. The number of hydrogen-bond donors (Lipinski definition) is 0. The van der Waals surface area contributed by atoms with Crippen LogP contribution < -0.4 is 0 Å². The first kappa shape index (κ1) is 15.0. The molecule has 0 aromatic rings. The summed E-state index contributed by atoms with van der Waals surface area (Å²) in [6.45, 7) is 9.87. The van der Waals surface area contributed by atoms with E-state index in [1.807, 2.05) is 0 Å². The second-order valence-corrected chi connectivity index (χ2v) is 7.07. The van der Waals surface area contributed by atoms with Gasteiger partial charge in [-0.15, -0.1) is 0 Å². The highest BCUT2D eigenvalue weighted by molar-refractivity contribution is 4.85. The molecule has 0 amide bonds. The lowest BCUT2D eigenvalue weighted by molar-refractivity contribution is 0.0805. The highest BCUT2D eigenvalue weighted by Crippen LogP contribution is 2.45. The predicted octanol–water partition coefficient (Wildman–Crippen LogP) is 4.55. The van der Waals surface area contributed by atoms with Crippen LogP contribution in [0.15, 0.2) is 0 Å². The molecule has 2 unspecified atom stereocenters. The van der Waals surface area contributed by atoms with Crippen molar-refractivity contribution in [1.82, 2.24) is 0 Å². The topological polar surface area (TPSA) is 31.5 Å². The molecular weight excluding hydrogens is 208 g/mol. The maximum atomic E-state index is 2.48. The van der Waals surface area contributed by atoms with Gasteiger partial charge in [0.1, 0.15) is 0 Å². The van der Waals surface area contributed by atoms with Gasteiger partial charge in [-0.1, -0.05) is 40.5 Å². The molecule has 0 saturated heterocycles. The monoisotopic (exact) mass is 242 g/mol. The summed E-state index contributed by atoms with van der Waals surface area (Å²) >= 11 is 0. The zero-order chi connectivity index (χ0) is 11.7. The zero-order valence-corrected chi connectivity index (χ0v) is 12.2. The molecule has 2 aliphatic carbocycles. The Kier molecular flexibility index (Phi) is 5.50. The summed E-state index contributed by atoms with van der Waals surface area (Å²) in [7, 11) is 0. The summed E-state index contributed by atoms with van der Waals surface area (Å²) in [5, 5.41) is 0. The third kappa shape index (κ3) is 3.47. The Balaban J connectivity index is 0.00000144. The Morgan fingerprint density at radius 1 is 0.706 bits per heavy atom. The highest BCUT2D eigenvalue weighted by atomic mass is 16.0. The molecule has 1 nitrogen and oxygen atoms in total. The lowest BCUT2D eigenvalue weighted by Crippen LogP contribution is -2.33. The van der Waals surface area contributed by atoms with Crippen molar-refractivity contribution >= 4 is 0 Å². The van der Waals surface area contributed by atoms with Crippen LogP contribution >= 0.6 is 0 Å². The molecule has 17 heavy (non-hydrogen) atoms. The minimum atomic E-state index is 0. The molecule has 104 valence electrons. The van der Waals surface area contributed by atoms with E-state index < -0.39 is 0 Å². The Labute approximate surface area is 109 Å². The molecule has 0 aromatic heterocycles. The quantitative estimate of drug-likeness (QED) is 0.646. The van der Waals surface area contributed by atoms with Gasteiger partial charge in [-0.05, 0) is 61.2 Å². The minimum absolute atomic E-state index is 0. The van der Waals surface area contributed by atoms with E-state index in [1.54, 1.807) is 0 Å². The van der Waals surface area contributed by atoms with Crippen molar-refractivity contribution in [3.8, 4) is 0 Å². The zero-order valence-electron chi connectivity index (χ0n) is 12.2. The fourth-order valence-corrected chi connectivity index (χ4v) is 4.18. The maximum Gasteiger partial charge on any atom is 0 e. The van der Waals surface area contributed by atoms with Gasteiger partial charge in [0, 0.05) is 1.43 Å². The SMILES string of the molecule is CC1CCC(C2CC(C)C(C)C(C)C2)CC1.O.[HH]. The lowest BCUT2D eigenvalue weighted by Gasteiger charge is -2.42. The molecule has 2 N–H and O–H groups in total. The molecule has 0 spiro atoms. The summed E-state index contributed by atoms with van der Waals surface area (Å²) in [5.41, 5.74) is 0. The van der Waals surface area contributed by atoms with Gasteiger partial charge >= 0.3 is 0 Å². The van der Waals surface area contributed by atoms with Gasteiger partial charge in [0.2, 0.25) is 0 Å². The van der Waals surface area contributed by atoms with Crippen LogP contribution in [-0.4, -0.2) is 5.48 Å². The van der Waals surface area contributed by atoms with Gasteiger partial charge in [-0.3, -0.25) is 0 Å². The van der Waals surface area contributed by atoms with Crippen LogP contribution in [0.2, 0.25) is 0 Å². The van der Waals surface area contributed by atoms with E-state index in [0.29, 0.717) is 0 Å². The van der Waals surface area contributed by atoms with Crippen molar-refractivity contribution in [2.75, 3.05) is 0 Å². The molecule has 2 atom stereocenters. The van der Waals surface area contributed by atoms with Crippen LogP contribution in [0.3, 0.4) is 0 Å². The van der Waals surface area contributed by atoms with E-state index in [4.69, 9.17) is 0 Å². The number of hydrogen-bond acceptors (Lipinski definition) is 0. The van der Waals surface area contributed by atoms with E-state index in [-0.39, 0.29) is 6.90 Å². The van der Waals surface area contributed by atoms with Crippen molar-refractivity contribution in [1.29, 1.82) is 0 Å². The summed E-state index contributed by atoms with van der Waals surface area (Å²) < 4.78 is 0. The average molecular weight is 242 g/mol. The average Bonchev–Trinajstić information content (AvgIpc) is 2.26. The van der Waals surface area contributed by atoms with Gasteiger partial charge in [0.05, 0.1) is 0 Å². The first-order valence-electron chi connectivity index (χ1n) is 7.58. The second kappa shape index (κ2) is 6.22. The van der Waals surface area contributed by atoms with E-state index >= 15 is 0 Å². The van der Waals surface area contributed by atoms with E-state index in [1.165, 1.54) is 38.5 Å². The Morgan fingerprint density at radius 3 is 1.65 bits per heavy atom. The summed E-state index contributed by atoms with van der Waals surface area (Å²) in [4.78, 5) is 0. The molecule has 0 radical (unpaired) electrons. The highest BCUT2D eigenvalue weighted by Gasteiger charge is 2.35. The fraction of sp³-hybridized carbons (Fsp3) is 1.00. The fourth-order valence-electron chi connectivity index (χ4n) is 4.18. The second-order valence-electron chi connectivity index (χ2n) is 7.07. The standard InChI is InChI=1S/C16H30.H2O.H2/c1-11-5-7-15(8-6-11)16-9-12(2)14(4)13(3)10-16;;/h11-16H,5-10H2,1-4H3;1H2;1H. The van der Waals surface area contributed by atoms with Gasteiger partial charge in [0.15, 0.2) is 0 Å². The van der Waals surface area contributed by atoms with Crippen LogP contribution in [0, 0.1) is 35.5 Å². The molecule has 0 aromatic carbocycles. The first-order chi connectivity index (χ1) is 7.58. The maximum absolute atomic E-state index is 2.48. The molecule has 2 saturated carbocycles. The molecule has 2 fully saturated rings. The number of rotatable bonds is 1. The molecule has 0 bridgehead atoms. The van der Waals surface area contributed by atoms with Crippen LogP contribution in [0.25, 0.3) is 0 Å². The van der Waals surface area contributed by atoms with Crippen molar-refractivity contribution in [3.63, 3.8) is 0 Å². The summed E-state index contributed by atoms with van der Waals surface area (Å²) in [6.07, 6.45) is 9.09. The van der Waals surface area contributed by atoms with Crippen molar-refractivity contribution < 1.29 is 6.90 Å². The summed E-state index contributed by atoms with van der Waals surface area (Å²) in [5.74, 6) is 6.04. The van der Waals surface area contributed by atoms with Crippen molar-refractivity contribution in [2.45, 2.75) is 66.2 Å². The van der Waals surface area contributed by atoms with E-state index in [2.05, 4.69) is 27.7 Å². The van der Waals surface area contributed by atoms with E-state index in [9.17, 15) is 0 Å². The Morgan fingerprint density at radius 2 is 1.18 bits per heavy atom. The lowest BCUT2D eigenvalue weighted by atomic mass is 9.63. The predicted molar refractivity (Wildman–Crippen MR) is 77.1 cm³/mol. The van der Waals surface area contributed by atoms with Crippen molar-refractivity contribution in [3.05, 3.63) is 0 Å². The van der Waals surface area contributed by atoms with Crippen LogP contribution in [0.5, 0.6) is 0 Å². The molecule has 0 aliphatic heterocycles. The minimum Gasteiger partial charge on any atom is -0.412 e.